The van der Waals surface area contributed by atoms with Gasteiger partial charge in [-0.05, 0) is 6.92 Å². The summed E-state index contributed by atoms with van der Waals surface area (Å²) in [6.07, 6.45) is 4.00. The molecular formula is C7H13N3O. The predicted molar refractivity (Wildman–Crippen MR) is 45.1 cm³/mol. The Morgan fingerprint density at radius 2 is 2.18 bits per heavy atom. The van der Waals surface area contributed by atoms with Crippen molar-refractivity contribution in [3.8, 4) is 0 Å². The molecule has 4 heteroatoms. The lowest BCUT2D eigenvalue weighted by molar-refractivity contribution is -0.109. The zero-order chi connectivity index (χ0) is 8.69. The van der Waals surface area contributed by atoms with Crippen molar-refractivity contribution in [1.29, 1.82) is 0 Å². The third kappa shape index (κ3) is 4.13. The number of nitrogens with one attached hydrogen (secondary N) is 1. The molecule has 62 valence electrons. The topological polar surface area (TPSA) is 44.7 Å². The monoisotopic (exact) mass is 155 g/mol. The Labute approximate surface area is 66.6 Å². The van der Waals surface area contributed by atoms with E-state index in [9.17, 15) is 4.79 Å². The molecule has 0 aliphatic heterocycles. The second kappa shape index (κ2) is 5.46. The van der Waals surface area contributed by atoms with Crippen LogP contribution < -0.4 is 5.43 Å². The van der Waals surface area contributed by atoms with Gasteiger partial charge in [0.05, 0.1) is 11.9 Å². The lowest BCUT2D eigenvalue weighted by atomic mass is 10.4. The molecule has 0 spiro atoms. The number of hydrazone groups is 1. The lowest BCUT2D eigenvalue weighted by Crippen LogP contribution is -2.13. The van der Waals surface area contributed by atoms with Crippen molar-refractivity contribution in [3.63, 3.8) is 0 Å². The highest BCUT2D eigenvalue weighted by molar-refractivity contribution is 5.77. The molecule has 0 atom stereocenters. The van der Waals surface area contributed by atoms with Crippen molar-refractivity contribution in [2.24, 2.45) is 5.10 Å². The van der Waals surface area contributed by atoms with Gasteiger partial charge in [0.15, 0.2) is 0 Å². The molecule has 0 aliphatic carbocycles. The SMILES string of the molecule is C/C=C(\C=N/NC=O)N(C)C. The molecule has 0 saturated carbocycles. The van der Waals surface area contributed by atoms with Crippen molar-refractivity contribution in [2.45, 2.75) is 6.92 Å². The number of allylic oxidation sites excluding steroid dienone is 2. The fraction of sp³-hybridized carbons (Fsp3) is 0.429. The first-order valence-electron chi connectivity index (χ1n) is 3.28. The van der Waals surface area contributed by atoms with Gasteiger partial charge in [0.25, 0.3) is 0 Å². The number of rotatable bonds is 4. The standard InChI is InChI=1S/C7H13N3O/c1-4-7(10(2)3)5-8-9-6-11/h4-6H,1-3H3,(H,9,11)/b7-4+,8-5-. The van der Waals surface area contributed by atoms with Crippen LogP contribution in [-0.2, 0) is 4.79 Å². The summed E-state index contributed by atoms with van der Waals surface area (Å²) in [5, 5.41) is 3.63. The number of carbonyl (C=O) groups is 1. The molecule has 0 unspecified atom stereocenters. The molecule has 0 aromatic carbocycles. The highest BCUT2D eigenvalue weighted by Gasteiger charge is 1.90. The highest BCUT2D eigenvalue weighted by atomic mass is 16.1. The fourth-order valence-electron chi connectivity index (χ4n) is 0.582. The van der Waals surface area contributed by atoms with E-state index in [-0.39, 0.29) is 0 Å². The molecule has 1 N–H and O–H groups in total. The van der Waals surface area contributed by atoms with E-state index in [1.54, 1.807) is 6.21 Å². The van der Waals surface area contributed by atoms with Crippen LogP contribution in [0.15, 0.2) is 16.9 Å². The second-order valence-electron chi connectivity index (χ2n) is 2.11. The number of nitrogens with zero attached hydrogens (tertiary/aromatic N) is 2. The van der Waals surface area contributed by atoms with Gasteiger partial charge < -0.3 is 4.90 Å². The van der Waals surface area contributed by atoms with Gasteiger partial charge in [-0.25, -0.2) is 5.43 Å². The van der Waals surface area contributed by atoms with Gasteiger partial charge in [0.1, 0.15) is 0 Å². The average molecular weight is 155 g/mol. The van der Waals surface area contributed by atoms with Crippen molar-refractivity contribution >= 4 is 12.6 Å². The summed E-state index contributed by atoms with van der Waals surface area (Å²) >= 11 is 0. The maximum atomic E-state index is 9.79. The van der Waals surface area contributed by atoms with Gasteiger partial charge in [0.2, 0.25) is 6.41 Å². The number of hydrogen-bond donors (Lipinski definition) is 1. The summed E-state index contributed by atoms with van der Waals surface area (Å²) in [5.41, 5.74) is 3.13. The maximum absolute atomic E-state index is 9.79. The minimum Gasteiger partial charge on any atom is -0.377 e. The minimum atomic E-state index is 0.527. The average Bonchev–Trinajstić information content (AvgIpc) is 1.97. The molecule has 0 radical (unpaired) electrons. The highest BCUT2D eigenvalue weighted by Crippen LogP contribution is 1.92. The normalized spacial score (nSPS) is 11.7. The maximum Gasteiger partial charge on any atom is 0.227 e. The van der Waals surface area contributed by atoms with Crippen LogP contribution in [0.25, 0.3) is 0 Å². The van der Waals surface area contributed by atoms with Gasteiger partial charge in [-0.3, -0.25) is 4.79 Å². The van der Waals surface area contributed by atoms with Crippen molar-refractivity contribution in [3.05, 3.63) is 11.8 Å². The number of amides is 1. The summed E-state index contributed by atoms with van der Waals surface area (Å²) < 4.78 is 0. The van der Waals surface area contributed by atoms with E-state index in [0.29, 0.717) is 6.41 Å². The van der Waals surface area contributed by atoms with Crippen molar-refractivity contribution in [2.75, 3.05) is 14.1 Å². The largest absolute Gasteiger partial charge is 0.377 e. The quantitative estimate of drug-likeness (QED) is 0.357. The van der Waals surface area contributed by atoms with E-state index in [1.807, 2.05) is 32.0 Å². The van der Waals surface area contributed by atoms with Gasteiger partial charge in [-0.15, -0.1) is 0 Å². The first-order valence-corrected chi connectivity index (χ1v) is 3.28. The van der Waals surface area contributed by atoms with E-state index in [4.69, 9.17) is 0 Å². The molecule has 0 rings (SSSR count). The Bertz CT molecular complexity index is 173. The molecule has 0 aromatic heterocycles. The molecule has 0 aliphatic rings. The summed E-state index contributed by atoms with van der Waals surface area (Å²) in [4.78, 5) is 11.7. The third-order valence-electron chi connectivity index (χ3n) is 1.14. The van der Waals surface area contributed by atoms with Crippen LogP contribution in [0.3, 0.4) is 0 Å². The first-order chi connectivity index (χ1) is 5.22. The summed E-state index contributed by atoms with van der Waals surface area (Å²) in [6.45, 7) is 1.91. The molecule has 1 amide bonds. The van der Waals surface area contributed by atoms with E-state index < -0.39 is 0 Å². The van der Waals surface area contributed by atoms with E-state index in [0.717, 1.165) is 5.70 Å². The summed E-state index contributed by atoms with van der Waals surface area (Å²) in [6, 6.07) is 0. The fourth-order valence-corrected chi connectivity index (χ4v) is 0.582. The van der Waals surface area contributed by atoms with Crippen LogP contribution in [-0.4, -0.2) is 31.6 Å². The molecule has 11 heavy (non-hydrogen) atoms. The Hall–Kier alpha value is -1.32. The molecule has 0 heterocycles. The molecule has 0 bridgehead atoms. The Balaban J connectivity index is 3.98. The van der Waals surface area contributed by atoms with Gasteiger partial charge in [-0.1, -0.05) is 6.08 Å². The van der Waals surface area contributed by atoms with Crippen LogP contribution in [0, 0.1) is 0 Å². The third-order valence-corrected chi connectivity index (χ3v) is 1.14. The van der Waals surface area contributed by atoms with Crippen LogP contribution in [0.5, 0.6) is 0 Å². The summed E-state index contributed by atoms with van der Waals surface area (Å²) in [7, 11) is 3.81. The lowest BCUT2D eigenvalue weighted by Gasteiger charge is -2.11. The Morgan fingerprint density at radius 1 is 1.55 bits per heavy atom. The van der Waals surface area contributed by atoms with E-state index >= 15 is 0 Å². The van der Waals surface area contributed by atoms with Crippen LogP contribution >= 0.6 is 0 Å². The number of hydrogen-bond acceptors (Lipinski definition) is 3. The van der Waals surface area contributed by atoms with Crippen LogP contribution in [0.2, 0.25) is 0 Å². The first kappa shape index (κ1) is 9.68. The predicted octanol–water partition coefficient (Wildman–Crippen LogP) is 0.184. The zero-order valence-electron chi connectivity index (χ0n) is 7.03. The smallest absolute Gasteiger partial charge is 0.227 e. The van der Waals surface area contributed by atoms with Crippen LogP contribution in [0.4, 0.5) is 0 Å². The van der Waals surface area contributed by atoms with Gasteiger partial charge in [-0.2, -0.15) is 5.10 Å². The van der Waals surface area contributed by atoms with E-state index in [1.165, 1.54) is 0 Å². The molecular weight excluding hydrogens is 142 g/mol. The van der Waals surface area contributed by atoms with Crippen molar-refractivity contribution in [1.82, 2.24) is 10.3 Å². The van der Waals surface area contributed by atoms with Crippen LogP contribution in [0.1, 0.15) is 6.92 Å². The van der Waals surface area contributed by atoms with Gasteiger partial charge >= 0.3 is 0 Å². The zero-order valence-corrected chi connectivity index (χ0v) is 7.03. The van der Waals surface area contributed by atoms with E-state index in [2.05, 4.69) is 10.5 Å². The second-order valence-corrected chi connectivity index (χ2v) is 2.11. The minimum absolute atomic E-state index is 0.527. The summed E-state index contributed by atoms with van der Waals surface area (Å²) in [5.74, 6) is 0. The molecule has 4 nitrogen and oxygen atoms in total. The number of carbonyl (C=O) groups excluding carboxylic acids is 1. The Kier molecular flexibility index (Phi) is 4.81. The molecule has 0 saturated heterocycles. The molecule has 0 fully saturated rings. The molecule has 0 aromatic rings. The Morgan fingerprint density at radius 3 is 2.55 bits per heavy atom. The van der Waals surface area contributed by atoms with Crippen molar-refractivity contribution < 1.29 is 4.79 Å². The van der Waals surface area contributed by atoms with Gasteiger partial charge in [0, 0.05) is 14.1 Å².